The standard InChI is InChI=1S/C28H23N5O6/c34-23-9-7-19(26(35)31-23)33-27(36)17-6-4-15(13-18(17)28(33)37)24-25(32-10-2-1-3-22(32)30-24)29-16-5-8-20-21(14-16)39-12-11-38-20/h1-6,8,10,13-14,19,27,29,36H,7,9,11-12H2,(H,31,34,35). The van der Waals surface area contributed by atoms with Crippen molar-refractivity contribution >= 4 is 34.9 Å². The number of fused-ring (bicyclic) bond motifs is 3. The van der Waals surface area contributed by atoms with Crippen LogP contribution in [0.5, 0.6) is 11.5 Å². The molecule has 2 aromatic carbocycles. The number of nitrogens with zero attached hydrogens (tertiary/aromatic N) is 3. The Morgan fingerprint density at radius 3 is 2.69 bits per heavy atom. The predicted molar refractivity (Wildman–Crippen MR) is 139 cm³/mol. The number of benzene rings is 2. The van der Waals surface area contributed by atoms with Crippen LogP contribution in [0.3, 0.4) is 0 Å². The number of imide groups is 1. The number of carbonyl (C=O) groups excluding carboxylic acids is 3. The van der Waals surface area contributed by atoms with Gasteiger partial charge in [-0.2, -0.15) is 0 Å². The molecule has 7 rings (SSSR count). The molecule has 2 aromatic heterocycles. The molecule has 1 fully saturated rings. The van der Waals surface area contributed by atoms with Crippen molar-refractivity contribution in [3.05, 3.63) is 71.9 Å². The number of carbonyl (C=O) groups is 3. The first-order valence-corrected chi connectivity index (χ1v) is 12.6. The lowest BCUT2D eigenvalue weighted by atomic mass is 10.0. The lowest BCUT2D eigenvalue weighted by Crippen LogP contribution is -2.53. The molecule has 4 aromatic rings. The van der Waals surface area contributed by atoms with Crippen molar-refractivity contribution in [2.24, 2.45) is 0 Å². The van der Waals surface area contributed by atoms with Crippen LogP contribution in [-0.2, 0) is 9.59 Å². The number of nitrogens with one attached hydrogen (secondary N) is 2. The maximum absolute atomic E-state index is 13.4. The molecule has 39 heavy (non-hydrogen) atoms. The summed E-state index contributed by atoms with van der Waals surface area (Å²) in [5.41, 5.74) is 3.40. The first kappa shape index (κ1) is 23.2. The third-order valence-corrected chi connectivity index (χ3v) is 7.21. The van der Waals surface area contributed by atoms with Crippen LogP contribution in [0.1, 0.15) is 35.0 Å². The van der Waals surface area contributed by atoms with Crippen LogP contribution in [0.4, 0.5) is 11.5 Å². The molecule has 0 saturated carbocycles. The second-order valence-electron chi connectivity index (χ2n) is 9.58. The average Bonchev–Trinajstić information content (AvgIpc) is 3.43. The number of ether oxygens (including phenoxy) is 2. The molecule has 0 bridgehead atoms. The number of pyridine rings is 1. The Morgan fingerprint density at radius 1 is 1.00 bits per heavy atom. The highest BCUT2D eigenvalue weighted by Crippen LogP contribution is 2.40. The highest BCUT2D eigenvalue weighted by Gasteiger charge is 2.44. The molecular weight excluding hydrogens is 502 g/mol. The van der Waals surface area contributed by atoms with Gasteiger partial charge in [0.05, 0.1) is 0 Å². The number of aromatic nitrogens is 2. The molecule has 0 spiro atoms. The summed E-state index contributed by atoms with van der Waals surface area (Å²) < 4.78 is 13.3. The Labute approximate surface area is 222 Å². The summed E-state index contributed by atoms with van der Waals surface area (Å²) in [7, 11) is 0. The minimum Gasteiger partial charge on any atom is -0.486 e. The summed E-state index contributed by atoms with van der Waals surface area (Å²) in [6.07, 6.45) is 0.857. The summed E-state index contributed by atoms with van der Waals surface area (Å²) in [6.45, 7) is 0.978. The third kappa shape index (κ3) is 3.77. The number of aliphatic hydroxyl groups is 1. The molecule has 3 N–H and O–H groups in total. The number of hydrogen-bond acceptors (Lipinski definition) is 8. The van der Waals surface area contributed by atoms with Crippen molar-refractivity contribution in [3.63, 3.8) is 0 Å². The molecule has 0 aliphatic carbocycles. The van der Waals surface area contributed by atoms with Crippen LogP contribution in [0.15, 0.2) is 60.8 Å². The van der Waals surface area contributed by atoms with Crippen molar-refractivity contribution in [2.45, 2.75) is 25.1 Å². The number of rotatable bonds is 4. The smallest absolute Gasteiger partial charge is 0.257 e. The molecule has 0 radical (unpaired) electrons. The average molecular weight is 526 g/mol. The van der Waals surface area contributed by atoms with Gasteiger partial charge in [0.15, 0.2) is 17.7 Å². The lowest BCUT2D eigenvalue weighted by Gasteiger charge is -2.31. The van der Waals surface area contributed by atoms with Gasteiger partial charge in [-0.25, -0.2) is 4.98 Å². The van der Waals surface area contributed by atoms with E-state index < -0.39 is 24.1 Å². The zero-order valence-corrected chi connectivity index (χ0v) is 20.6. The molecule has 1 saturated heterocycles. The largest absolute Gasteiger partial charge is 0.486 e. The van der Waals surface area contributed by atoms with Gasteiger partial charge in [0.25, 0.3) is 5.91 Å². The van der Waals surface area contributed by atoms with E-state index in [1.165, 1.54) is 0 Å². The fourth-order valence-corrected chi connectivity index (χ4v) is 5.35. The number of anilines is 2. The zero-order chi connectivity index (χ0) is 26.7. The summed E-state index contributed by atoms with van der Waals surface area (Å²) in [5, 5.41) is 16.6. The SMILES string of the molecule is O=C1CCC(N2C(=O)c3cc(-c4nc5ccccn5c4Nc4ccc5c(c4)OCCO5)ccc3C2O)C(=O)N1. The second kappa shape index (κ2) is 8.84. The van der Waals surface area contributed by atoms with Crippen molar-refractivity contribution < 1.29 is 29.0 Å². The number of aliphatic hydroxyl groups excluding tert-OH is 1. The number of amides is 3. The fourth-order valence-electron chi connectivity index (χ4n) is 5.35. The zero-order valence-electron chi connectivity index (χ0n) is 20.6. The van der Waals surface area contributed by atoms with Gasteiger partial charge >= 0.3 is 0 Å². The molecule has 196 valence electrons. The maximum Gasteiger partial charge on any atom is 0.257 e. The van der Waals surface area contributed by atoms with Crippen LogP contribution in [0.2, 0.25) is 0 Å². The van der Waals surface area contributed by atoms with Crippen LogP contribution in [0, 0.1) is 0 Å². The van der Waals surface area contributed by atoms with Gasteiger partial charge in [0.2, 0.25) is 11.8 Å². The van der Waals surface area contributed by atoms with Crippen molar-refractivity contribution in [1.29, 1.82) is 0 Å². The Bertz CT molecular complexity index is 1680. The minimum absolute atomic E-state index is 0.102. The van der Waals surface area contributed by atoms with Crippen molar-refractivity contribution in [1.82, 2.24) is 19.6 Å². The van der Waals surface area contributed by atoms with E-state index in [1.54, 1.807) is 18.2 Å². The normalized spacial score (nSPS) is 20.2. The summed E-state index contributed by atoms with van der Waals surface area (Å²) in [4.78, 5) is 43.5. The van der Waals surface area contributed by atoms with Gasteiger partial charge in [0.1, 0.15) is 36.4 Å². The van der Waals surface area contributed by atoms with E-state index in [-0.39, 0.29) is 24.3 Å². The van der Waals surface area contributed by atoms with E-state index in [1.807, 2.05) is 47.0 Å². The quantitative estimate of drug-likeness (QED) is 0.346. The number of piperidine rings is 1. The highest BCUT2D eigenvalue weighted by atomic mass is 16.6. The Kier molecular flexibility index (Phi) is 5.27. The van der Waals surface area contributed by atoms with Crippen molar-refractivity contribution in [2.75, 3.05) is 18.5 Å². The topological polar surface area (TPSA) is 135 Å². The van der Waals surface area contributed by atoms with E-state index in [2.05, 4.69) is 10.6 Å². The van der Waals surface area contributed by atoms with E-state index in [4.69, 9.17) is 14.5 Å². The second-order valence-corrected chi connectivity index (χ2v) is 9.58. The Balaban J connectivity index is 1.27. The van der Waals surface area contributed by atoms with Gasteiger partial charge in [-0.15, -0.1) is 0 Å². The van der Waals surface area contributed by atoms with Crippen molar-refractivity contribution in [3.8, 4) is 22.8 Å². The van der Waals surface area contributed by atoms with Crippen LogP contribution in [0.25, 0.3) is 16.9 Å². The summed E-state index contributed by atoms with van der Waals surface area (Å²) in [5.74, 6) is 0.558. The number of hydrogen-bond donors (Lipinski definition) is 3. The third-order valence-electron chi connectivity index (χ3n) is 7.21. The highest BCUT2D eigenvalue weighted by molar-refractivity contribution is 6.06. The van der Waals surface area contributed by atoms with Gasteiger partial charge in [-0.05, 0) is 36.8 Å². The van der Waals surface area contributed by atoms with E-state index in [9.17, 15) is 19.5 Å². The minimum atomic E-state index is -1.29. The van der Waals surface area contributed by atoms with E-state index >= 15 is 0 Å². The Hall–Kier alpha value is -4.90. The lowest BCUT2D eigenvalue weighted by molar-refractivity contribution is -0.139. The van der Waals surface area contributed by atoms with Gasteiger partial charge in [-0.1, -0.05) is 18.2 Å². The summed E-state index contributed by atoms with van der Waals surface area (Å²) >= 11 is 0. The number of imidazole rings is 1. The molecule has 11 nitrogen and oxygen atoms in total. The monoisotopic (exact) mass is 525 g/mol. The van der Waals surface area contributed by atoms with Crippen LogP contribution in [-0.4, -0.2) is 56.4 Å². The van der Waals surface area contributed by atoms with Crippen LogP contribution < -0.4 is 20.1 Å². The fraction of sp³-hybridized carbons (Fsp3) is 0.214. The predicted octanol–water partition coefficient (Wildman–Crippen LogP) is 2.77. The molecule has 3 aliphatic rings. The molecular formula is C28H23N5O6. The molecule has 3 aliphatic heterocycles. The molecule has 5 heterocycles. The Morgan fingerprint density at radius 2 is 1.85 bits per heavy atom. The van der Waals surface area contributed by atoms with Gasteiger partial charge in [-0.3, -0.25) is 29.0 Å². The molecule has 2 unspecified atom stereocenters. The van der Waals surface area contributed by atoms with Crippen LogP contribution >= 0.6 is 0 Å². The molecule has 2 atom stereocenters. The maximum atomic E-state index is 13.4. The van der Waals surface area contributed by atoms with Gasteiger partial charge < -0.3 is 19.9 Å². The molecule has 3 amide bonds. The first-order chi connectivity index (χ1) is 19.0. The summed E-state index contributed by atoms with van der Waals surface area (Å²) in [6, 6.07) is 15.5. The first-order valence-electron chi connectivity index (χ1n) is 12.6. The van der Waals surface area contributed by atoms with E-state index in [0.29, 0.717) is 53.0 Å². The van der Waals surface area contributed by atoms with Gasteiger partial charge in [0, 0.05) is 41.1 Å². The van der Waals surface area contributed by atoms with E-state index in [0.717, 1.165) is 10.6 Å². The molecule has 11 heteroatoms.